The fourth-order valence-corrected chi connectivity index (χ4v) is 11.0. The average molecular weight is 1190 g/mol. The van der Waals surface area contributed by atoms with Gasteiger partial charge in [-0.2, -0.15) is 0 Å². The molecule has 0 aromatic heterocycles. The summed E-state index contributed by atoms with van der Waals surface area (Å²) in [7, 11) is 0. The first-order valence-electron chi connectivity index (χ1n) is 34.2. The van der Waals surface area contributed by atoms with Crippen LogP contribution in [0.3, 0.4) is 0 Å². The molecule has 2 fully saturated rings. The molecule has 12 unspecified atom stereocenters. The van der Waals surface area contributed by atoms with Crippen molar-refractivity contribution < 1.29 is 64.6 Å². The molecule has 2 heterocycles. The zero-order chi connectivity index (χ0) is 60.9. The quantitative estimate of drug-likeness (QED) is 0.0204. The second-order valence-electron chi connectivity index (χ2n) is 23.9. The van der Waals surface area contributed by atoms with Crippen molar-refractivity contribution in [3.05, 3.63) is 72.9 Å². The molecule has 2 rings (SSSR count). The van der Waals surface area contributed by atoms with Gasteiger partial charge in [-0.05, 0) is 64.2 Å². The molecule has 0 aliphatic carbocycles. The number of allylic oxidation sites excluding steroid dienone is 11. The second-order valence-corrected chi connectivity index (χ2v) is 23.9. The number of nitrogens with one attached hydrogen (secondary N) is 1. The molecule has 0 radical (unpaired) electrons. The van der Waals surface area contributed by atoms with Crippen molar-refractivity contribution in [2.45, 2.75) is 344 Å². The van der Waals surface area contributed by atoms with Crippen molar-refractivity contribution in [2.75, 3.05) is 19.8 Å². The maximum absolute atomic E-state index is 13.3. The average Bonchev–Trinajstić information content (AvgIpc) is 3.17. The summed E-state index contributed by atoms with van der Waals surface area (Å²) < 4.78 is 22.8. The Labute approximate surface area is 510 Å². The van der Waals surface area contributed by atoms with Crippen molar-refractivity contribution >= 4 is 5.91 Å². The maximum atomic E-state index is 13.3. The number of aliphatic hydroxyl groups is 8. The van der Waals surface area contributed by atoms with Gasteiger partial charge in [-0.1, -0.05) is 273 Å². The van der Waals surface area contributed by atoms with E-state index in [9.17, 15) is 45.6 Å². The zero-order valence-corrected chi connectivity index (χ0v) is 52.9. The van der Waals surface area contributed by atoms with Gasteiger partial charge in [0.25, 0.3) is 0 Å². The molecular formula is C70H125NO13. The number of hydrogen-bond acceptors (Lipinski definition) is 13. The summed E-state index contributed by atoms with van der Waals surface area (Å²) in [5.41, 5.74) is 0. The smallest absolute Gasteiger partial charge is 0.220 e. The maximum Gasteiger partial charge on any atom is 0.220 e. The van der Waals surface area contributed by atoms with Gasteiger partial charge in [0.1, 0.15) is 48.8 Å². The summed E-state index contributed by atoms with van der Waals surface area (Å²) in [5.74, 6) is -0.238. The standard InChI is InChI=1S/C70H125NO13/c1-3-5-7-9-11-13-15-17-19-21-22-23-24-25-26-27-28-29-30-31-32-33-34-35-36-38-40-42-44-46-48-50-52-54-62(75)71-58(59(74)53-51-49-47-45-43-41-39-37-20-18-16-14-12-10-8-6-4-2)57-81-69-67(80)65(78)68(61(56-73)83-69)84-70-66(79)64(77)63(76)60(55-72)82-70/h5,7,11,13,17,19,22-23,25-26,51,53,58-61,63-70,72-74,76-80H,3-4,6,8-10,12,14-16,18,20-21,24,27-50,52,54-57H2,1-2H3,(H,71,75)/b7-5-,13-11-,19-17-,23-22-,26-25-,53-51+. The molecule has 9 N–H and O–H groups in total. The third-order valence-electron chi connectivity index (χ3n) is 16.4. The normalized spacial score (nSPS) is 24.1. The van der Waals surface area contributed by atoms with Crippen LogP contribution in [0.2, 0.25) is 0 Å². The van der Waals surface area contributed by atoms with Gasteiger partial charge in [-0.15, -0.1) is 0 Å². The lowest BCUT2D eigenvalue weighted by Gasteiger charge is -2.46. The first kappa shape index (κ1) is 77.5. The van der Waals surface area contributed by atoms with Crippen LogP contribution in [0.1, 0.15) is 271 Å². The number of rotatable bonds is 55. The summed E-state index contributed by atoms with van der Waals surface area (Å²) in [4.78, 5) is 13.3. The van der Waals surface area contributed by atoms with Crippen LogP contribution in [0.5, 0.6) is 0 Å². The monoisotopic (exact) mass is 1190 g/mol. The third-order valence-corrected chi connectivity index (χ3v) is 16.4. The molecule has 488 valence electrons. The van der Waals surface area contributed by atoms with Crippen LogP contribution in [0.4, 0.5) is 0 Å². The Morgan fingerprint density at radius 1 is 0.440 bits per heavy atom. The van der Waals surface area contributed by atoms with Crippen LogP contribution < -0.4 is 5.32 Å². The second kappa shape index (κ2) is 54.6. The van der Waals surface area contributed by atoms with Crippen LogP contribution >= 0.6 is 0 Å². The number of ether oxygens (including phenoxy) is 4. The van der Waals surface area contributed by atoms with Crippen LogP contribution in [0.15, 0.2) is 72.9 Å². The van der Waals surface area contributed by atoms with E-state index in [2.05, 4.69) is 79.9 Å². The molecule has 1 amide bonds. The van der Waals surface area contributed by atoms with Gasteiger partial charge in [0.05, 0.1) is 32.0 Å². The van der Waals surface area contributed by atoms with E-state index in [-0.39, 0.29) is 18.9 Å². The molecule has 14 nitrogen and oxygen atoms in total. The Morgan fingerprint density at radius 2 is 0.821 bits per heavy atom. The lowest BCUT2D eigenvalue weighted by Crippen LogP contribution is -2.65. The fourth-order valence-electron chi connectivity index (χ4n) is 11.0. The van der Waals surface area contributed by atoms with Gasteiger partial charge in [0.2, 0.25) is 5.91 Å². The molecule has 2 aliphatic rings. The van der Waals surface area contributed by atoms with E-state index in [0.717, 1.165) is 70.6 Å². The third kappa shape index (κ3) is 38.7. The molecule has 0 aromatic rings. The van der Waals surface area contributed by atoms with Gasteiger partial charge in [-0.25, -0.2) is 0 Å². The summed E-state index contributed by atoms with van der Waals surface area (Å²) in [6.45, 7) is 2.71. The van der Waals surface area contributed by atoms with E-state index in [4.69, 9.17) is 18.9 Å². The molecule has 0 saturated carbocycles. The Bertz CT molecular complexity index is 1690. The number of carbonyl (C=O) groups excluding carboxylic acids is 1. The number of unbranched alkanes of at least 4 members (excludes halogenated alkanes) is 32. The highest BCUT2D eigenvalue weighted by atomic mass is 16.7. The minimum Gasteiger partial charge on any atom is -0.394 e. The van der Waals surface area contributed by atoms with Gasteiger partial charge in [-0.3, -0.25) is 4.79 Å². The summed E-state index contributed by atoms with van der Waals surface area (Å²) in [5, 5.41) is 87.3. The first-order chi connectivity index (χ1) is 41.1. The lowest BCUT2D eigenvalue weighted by molar-refractivity contribution is -0.359. The Balaban J connectivity index is 1.65. The molecule has 2 aliphatic heterocycles. The Morgan fingerprint density at radius 3 is 1.26 bits per heavy atom. The van der Waals surface area contributed by atoms with Crippen LogP contribution in [-0.2, 0) is 23.7 Å². The van der Waals surface area contributed by atoms with E-state index in [1.54, 1.807) is 6.08 Å². The van der Waals surface area contributed by atoms with E-state index < -0.39 is 86.8 Å². The summed E-state index contributed by atoms with van der Waals surface area (Å²) in [6, 6.07) is -0.917. The van der Waals surface area contributed by atoms with Crippen LogP contribution in [0.25, 0.3) is 0 Å². The molecular weight excluding hydrogens is 1060 g/mol. The molecule has 84 heavy (non-hydrogen) atoms. The number of carbonyl (C=O) groups is 1. The fraction of sp³-hybridized carbons (Fsp3) is 0.814. The molecule has 0 spiro atoms. The van der Waals surface area contributed by atoms with E-state index in [1.165, 1.54) is 173 Å². The van der Waals surface area contributed by atoms with Gasteiger partial charge in [0.15, 0.2) is 12.6 Å². The van der Waals surface area contributed by atoms with Crippen molar-refractivity contribution in [2.24, 2.45) is 0 Å². The Hall–Kier alpha value is -2.57. The van der Waals surface area contributed by atoms with E-state index in [0.29, 0.717) is 6.42 Å². The van der Waals surface area contributed by atoms with Gasteiger partial charge in [0, 0.05) is 6.42 Å². The van der Waals surface area contributed by atoms with E-state index >= 15 is 0 Å². The number of amides is 1. The lowest BCUT2D eigenvalue weighted by atomic mass is 9.97. The van der Waals surface area contributed by atoms with Crippen LogP contribution in [-0.4, -0.2) is 140 Å². The molecule has 2 saturated heterocycles. The van der Waals surface area contributed by atoms with Crippen LogP contribution in [0, 0.1) is 0 Å². The number of hydrogen-bond donors (Lipinski definition) is 9. The van der Waals surface area contributed by atoms with Gasteiger partial charge >= 0.3 is 0 Å². The van der Waals surface area contributed by atoms with Gasteiger partial charge < -0.3 is 65.1 Å². The topological polar surface area (TPSA) is 228 Å². The van der Waals surface area contributed by atoms with Crippen molar-refractivity contribution in [1.82, 2.24) is 5.32 Å². The predicted octanol–water partition coefficient (Wildman–Crippen LogP) is 13.5. The predicted molar refractivity (Wildman–Crippen MR) is 341 cm³/mol. The SMILES string of the molecule is CC/C=C\C/C=C\C/C=C\C/C=C\C/C=C\CCCCCCCCCCCCCCCCCCCC(=O)NC(COC1OC(CO)C(OC2OC(CO)C(O)C(O)C2O)C(O)C1O)C(O)/C=C/CCCCCCCCCCCCCCCCC. The van der Waals surface area contributed by atoms with Crippen molar-refractivity contribution in [3.63, 3.8) is 0 Å². The highest BCUT2D eigenvalue weighted by Gasteiger charge is 2.51. The van der Waals surface area contributed by atoms with Crippen molar-refractivity contribution in [3.8, 4) is 0 Å². The first-order valence-corrected chi connectivity index (χ1v) is 34.2. The zero-order valence-electron chi connectivity index (χ0n) is 52.9. The largest absolute Gasteiger partial charge is 0.394 e. The minimum atomic E-state index is -1.79. The van der Waals surface area contributed by atoms with Crippen molar-refractivity contribution in [1.29, 1.82) is 0 Å². The number of aliphatic hydroxyl groups excluding tert-OH is 8. The van der Waals surface area contributed by atoms with E-state index in [1.807, 2.05) is 6.08 Å². The Kier molecular flexibility index (Phi) is 50.4. The highest BCUT2D eigenvalue weighted by molar-refractivity contribution is 5.76. The summed E-state index contributed by atoms with van der Waals surface area (Å²) >= 11 is 0. The molecule has 0 bridgehead atoms. The molecule has 0 aromatic carbocycles. The minimum absolute atomic E-state index is 0.238. The molecule has 12 atom stereocenters. The summed E-state index contributed by atoms with van der Waals surface area (Å²) in [6.07, 6.45) is 56.6. The highest BCUT2D eigenvalue weighted by Crippen LogP contribution is 2.30. The molecule has 14 heteroatoms.